The lowest BCUT2D eigenvalue weighted by molar-refractivity contribution is 0.0982. The molecule has 0 aliphatic rings. The van der Waals surface area contributed by atoms with Gasteiger partial charge in [0.15, 0.2) is 5.78 Å². The van der Waals surface area contributed by atoms with Crippen molar-refractivity contribution in [3.05, 3.63) is 29.3 Å². The maximum absolute atomic E-state index is 11.9. The zero-order chi connectivity index (χ0) is 13.4. The molecule has 0 N–H and O–H groups in total. The van der Waals surface area contributed by atoms with Crippen LogP contribution in [0.25, 0.3) is 0 Å². The van der Waals surface area contributed by atoms with Gasteiger partial charge in [-0.2, -0.15) is 0 Å². The lowest BCUT2D eigenvalue weighted by Gasteiger charge is -2.11. The average Bonchev–Trinajstić information content (AvgIpc) is 2.42. The van der Waals surface area contributed by atoms with Crippen LogP contribution in [-0.2, 0) is 6.42 Å². The zero-order valence-corrected chi connectivity index (χ0v) is 11.9. The van der Waals surface area contributed by atoms with Crippen LogP contribution in [0.5, 0.6) is 5.75 Å². The summed E-state index contributed by atoms with van der Waals surface area (Å²) in [5, 5.41) is 0. The van der Waals surface area contributed by atoms with Crippen LogP contribution in [0.2, 0.25) is 0 Å². The van der Waals surface area contributed by atoms with Crippen molar-refractivity contribution in [2.45, 2.75) is 39.5 Å². The van der Waals surface area contributed by atoms with E-state index in [2.05, 4.69) is 13.8 Å². The highest BCUT2D eigenvalue weighted by molar-refractivity contribution is 6.18. The fourth-order valence-corrected chi connectivity index (χ4v) is 1.89. The second kappa shape index (κ2) is 8.15. The van der Waals surface area contributed by atoms with E-state index in [1.54, 1.807) is 0 Å². The van der Waals surface area contributed by atoms with Gasteiger partial charge in [0.25, 0.3) is 0 Å². The van der Waals surface area contributed by atoms with E-state index < -0.39 is 0 Å². The average molecular weight is 269 g/mol. The summed E-state index contributed by atoms with van der Waals surface area (Å²) >= 11 is 5.60. The van der Waals surface area contributed by atoms with E-state index in [9.17, 15) is 4.79 Å². The number of benzene rings is 1. The zero-order valence-electron chi connectivity index (χ0n) is 11.2. The van der Waals surface area contributed by atoms with E-state index in [0.29, 0.717) is 18.9 Å². The maximum atomic E-state index is 11.9. The molecule has 0 amide bonds. The Morgan fingerprint density at radius 2 is 2.11 bits per heavy atom. The van der Waals surface area contributed by atoms with Crippen molar-refractivity contribution in [1.82, 2.24) is 0 Å². The van der Waals surface area contributed by atoms with Crippen molar-refractivity contribution >= 4 is 17.4 Å². The van der Waals surface area contributed by atoms with Gasteiger partial charge in [-0.05, 0) is 43.0 Å². The summed E-state index contributed by atoms with van der Waals surface area (Å²) in [6.07, 6.45) is 3.10. The molecule has 0 aliphatic heterocycles. The molecule has 0 heterocycles. The molecule has 0 fully saturated rings. The van der Waals surface area contributed by atoms with Gasteiger partial charge in [0.05, 0.1) is 6.61 Å². The summed E-state index contributed by atoms with van der Waals surface area (Å²) in [5.74, 6) is 1.59. The first-order valence-corrected chi connectivity index (χ1v) is 7.11. The quantitative estimate of drug-likeness (QED) is 0.521. The third-order valence-corrected chi connectivity index (χ3v) is 3.03. The van der Waals surface area contributed by atoms with Crippen LogP contribution in [0.3, 0.4) is 0 Å². The molecule has 18 heavy (non-hydrogen) atoms. The van der Waals surface area contributed by atoms with E-state index in [1.165, 1.54) is 0 Å². The van der Waals surface area contributed by atoms with Crippen LogP contribution in [-0.4, -0.2) is 18.3 Å². The summed E-state index contributed by atoms with van der Waals surface area (Å²) in [6.45, 7) is 4.86. The third kappa shape index (κ3) is 4.34. The van der Waals surface area contributed by atoms with Gasteiger partial charge in [-0.15, -0.1) is 11.6 Å². The summed E-state index contributed by atoms with van der Waals surface area (Å²) < 4.78 is 5.66. The largest absolute Gasteiger partial charge is 0.493 e. The molecule has 3 heteroatoms. The Bertz CT molecular complexity index is 388. The normalized spacial score (nSPS) is 10.4. The van der Waals surface area contributed by atoms with Crippen molar-refractivity contribution in [2.24, 2.45) is 0 Å². The van der Waals surface area contributed by atoms with Crippen LogP contribution < -0.4 is 4.74 Å². The number of hydrogen-bond acceptors (Lipinski definition) is 2. The fraction of sp³-hybridized carbons (Fsp3) is 0.533. The number of halogens is 1. The maximum Gasteiger partial charge on any atom is 0.162 e. The highest BCUT2D eigenvalue weighted by atomic mass is 35.5. The number of ether oxygens (including phenoxy) is 1. The van der Waals surface area contributed by atoms with Gasteiger partial charge >= 0.3 is 0 Å². The highest BCUT2D eigenvalue weighted by Gasteiger charge is 2.09. The van der Waals surface area contributed by atoms with E-state index in [-0.39, 0.29) is 5.78 Å². The third-order valence-electron chi connectivity index (χ3n) is 2.76. The Morgan fingerprint density at radius 1 is 1.33 bits per heavy atom. The molecule has 1 aromatic carbocycles. The number of ketones is 1. The first-order valence-electron chi connectivity index (χ1n) is 6.57. The minimum atomic E-state index is 0.160. The summed E-state index contributed by atoms with van der Waals surface area (Å²) in [4.78, 5) is 11.9. The standard InChI is InChI=1S/C15H21ClO2/c1-3-10-18-15-8-7-13(11-12(15)4-2)14(17)6-5-9-16/h7-8,11H,3-6,9-10H2,1-2H3. The molecule has 0 radical (unpaired) electrons. The summed E-state index contributed by atoms with van der Waals surface area (Å²) in [5.41, 5.74) is 1.86. The molecule has 0 aromatic heterocycles. The molecule has 0 unspecified atom stereocenters. The lowest BCUT2D eigenvalue weighted by Crippen LogP contribution is -2.03. The van der Waals surface area contributed by atoms with Gasteiger partial charge < -0.3 is 4.74 Å². The molecule has 0 bridgehead atoms. The second-order valence-corrected chi connectivity index (χ2v) is 4.62. The Kier molecular flexibility index (Phi) is 6.81. The Morgan fingerprint density at radius 3 is 2.72 bits per heavy atom. The number of aryl methyl sites for hydroxylation is 1. The predicted octanol–water partition coefficient (Wildman–Crippen LogP) is 4.24. The molecule has 0 atom stereocenters. The summed E-state index contributed by atoms with van der Waals surface area (Å²) in [7, 11) is 0. The summed E-state index contributed by atoms with van der Waals surface area (Å²) in [6, 6.07) is 5.70. The van der Waals surface area contributed by atoms with Gasteiger partial charge in [-0.3, -0.25) is 4.79 Å². The van der Waals surface area contributed by atoms with Crippen molar-refractivity contribution in [2.75, 3.05) is 12.5 Å². The Balaban J connectivity index is 2.80. The molecule has 2 nitrogen and oxygen atoms in total. The molecule has 0 saturated carbocycles. The molecule has 100 valence electrons. The van der Waals surface area contributed by atoms with Crippen LogP contribution in [0.4, 0.5) is 0 Å². The first kappa shape index (κ1) is 15.0. The number of rotatable bonds is 8. The van der Waals surface area contributed by atoms with E-state index >= 15 is 0 Å². The second-order valence-electron chi connectivity index (χ2n) is 4.24. The topological polar surface area (TPSA) is 26.3 Å². The Labute approximate surface area is 114 Å². The minimum Gasteiger partial charge on any atom is -0.493 e. The van der Waals surface area contributed by atoms with Crippen molar-refractivity contribution in [1.29, 1.82) is 0 Å². The van der Waals surface area contributed by atoms with Crippen molar-refractivity contribution < 1.29 is 9.53 Å². The molecule has 0 spiro atoms. The molecular weight excluding hydrogens is 248 g/mol. The first-order chi connectivity index (χ1) is 8.72. The van der Waals surface area contributed by atoms with Crippen LogP contribution in [0, 0.1) is 0 Å². The molecular formula is C15H21ClO2. The predicted molar refractivity (Wildman–Crippen MR) is 75.9 cm³/mol. The smallest absolute Gasteiger partial charge is 0.162 e. The van der Waals surface area contributed by atoms with E-state index in [1.807, 2.05) is 18.2 Å². The molecule has 0 aliphatic carbocycles. The fourth-order valence-electron chi connectivity index (χ4n) is 1.75. The minimum absolute atomic E-state index is 0.160. The number of Topliss-reactive ketones (excluding diaryl/α,β-unsaturated/α-hetero) is 1. The SMILES string of the molecule is CCCOc1ccc(C(=O)CCCCl)cc1CC. The highest BCUT2D eigenvalue weighted by Crippen LogP contribution is 2.22. The van der Waals surface area contributed by atoms with Gasteiger partial charge in [-0.25, -0.2) is 0 Å². The van der Waals surface area contributed by atoms with Crippen molar-refractivity contribution in [3.63, 3.8) is 0 Å². The van der Waals surface area contributed by atoms with Crippen LogP contribution in [0.1, 0.15) is 49.0 Å². The Hall–Kier alpha value is -1.02. The van der Waals surface area contributed by atoms with Crippen molar-refractivity contribution in [3.8, 4) is 5.75 Å². The van der Waals surface area contributed by atoms with Gasteiger partial charge in [0.1, 0.15) is 5.75 Å². The van der Waals surface area contributed by atoms with E-state index in [0.717, 1.165) is 36.1 Å². The van der Waals surface area contributed by atoms with Crippen LogP contribution >= 0.6 is 11.6 Å². The van der Waals surface area contributed by atoms with Gasteiger partial charge in [0, 0.05) is 17.9 Å². The lowest BCUT2D eigenvalue weighted by atomic mass is 10.0. The molecule has 1 aromatic rings. The van der Waals surface area contributed by atoms with Gasteiger partial charge in [0.2, 0.25) is 0 Å². The molecule has 1 rings (SSSR count). The van der Waals surface area contributed by atoms with Crippen LogP contribution in [0.15, 0.2) is 18.2 Å². The number of carbonyl (C=O) groups excluding carboxylic acids is 1. The number of alkyl halides is 1. The molecule has 0 saturated heterocycles. The number of carbonyl (C=O) groups is 1. The van der Waals surface area contributed by atoms with E-state index in [4.69, 9.17) is 16.3 Å². The monoisotopic (exact) mass is 268 g/mol. The number of hydrogen-bond donors (Lipinski definition) is 0. The van der Waals surface area contributed by atoms with Gasteiger partial charge in [-0.1, -0.05) is 13.8 Å².